The summed E-state index contributed by atoms with van der Waals surface area (Å²) in [6.45, 7) is 0. The molecule has 0 saturated heterocycles. The summed E-state index contributed by atoms with van der Waals surface area (Å²) in [6, 6.07) is 24.6. The van der Waals surface area contributed by atoms with Gasteiger partial charge in [-0.3, -0.25) is 0 Å². The molecule has 4 aromatic rings. The van der Waals surface area contributed by atoms with E-state index in [1.807, 2.05) is 36.4 Å². The molecule has 0 spiro atoms. The molecule has 0 bridgehead atoms. The van der Waals surface area contributed by atoms with Crippen LogP contribution in [-0.4, -0.2) is 42.7 Å². The predicted octanol–water partition coefficient (Wildman–Crippen LogP) is 7.75. The van der Waals surface area contributed by atoms with Gasteiger partial charge in [-0.2, -0.15) is 0 Å². The Bertz CT molecular complexity index is 1320. The Hall–Kier alpha value is -4.84. The van der Waals surface area contributed by atoms with E-state index in [1.165, 1.54) is 0 Å². The van der Waals surface area contributed by atoms with Crippen molar-refractivity contribution in [2.45, 2.75) is 0 Å². The summed E-state index contributed by atoms with van der Waals surface area (Å²) in [5.74, 6) is 3.65. The molecule has 0 unspecified atom stereocenters. The first-order valence-corrected chi connectivity index (χ1v) is 12.7. The molecule has 40 heavy (non-hydrogen) atoms. The summed E-state index contributed by atoms with van der Waals surface area (Å²) < 4.78 is 32.6. The second-order valence-electron chi connectivity index (χ2n) is 8.83. The van der Waals surface area contributed by atoms with Crippen molar-refractivity contribution in [3.63, 3.8) is 0 Å². The van der Waals surface area contributed by atoms with E-state index >= 15 is 0 Å². The van der Waals surface area contributed by atoms with Crippen LogP contribution in [-0.2, 0) is 0 Å². The maximum Gasteiger partial charge on any atom is 0.203 e. The number of benzene rings is 4. The molecule has 206 valence electrons. The van der Waals surface area contributed by atoms with E-state index in [1.54, 1.807) is 42.7 Å². The Morgan fingerprint density at radius 3 is 0.875 bits per heavy atom. The summed E-state index contributed by atoms with van der Waals surface area (Å²) in [5, 5.41) is 0. The molecule has 4 rings (SSSR count). The van der Waals surface area contributed by atoms with Gasteiger partial charge in [0.25, 0.3) is 0 Å². The number of ether oxygens (including phenoxy) is 6. The second kappa shape index (κ2) is 13.3. The molecule has 0 heterocycles. The van der Waals surface area contributed by atoms with Crippen molar-refractivity contribution >= 4 is 24.3 Å². The van der Waals surface area contributed by atoms with Crippen molar-refractivity contribution in [1.29, 1.82) is 0 Å². The van der Waals surface area contributed by atoms with Crippen LogP contribution in [0.25, 0.3) is 35.4 Å². The van der Waals surface area contributed by atoms with Crippen LogP contribution < -0.4 is 28.4 Å². The summed E-state index contributed by atoms with van der Waals surface area (Å²) >= 11 is 0. The van der Waals surface area contributed by atoms with Crippen LogP contribution in [0, 0.1) is 0 Å². The molecule has 0 radical (unpaired) electrons. The van der Waals surface area contributed by atoms with Crippen molar-refractivity contribution < 1.29 is 28.4 Å². The highest BCUT2D eigenvalue weighted by Gasteiger charge is 2.13. The molecular weight excluding hydrogens is 504 g/mol. The highest BCUT2D eigenvalue weighted by molar-refractivity contribution is 5.76. The average Bonchev–Trinajstić information content (AvgIpc) is 3.01. The summed E-state index contributed by atoms with van der Waals surface area (Å²) in [7, 11) is 9.65. The van der Waals surface area contributed by atoms with Crippen LogP contribution in [0.4, 0.5) is 0 Å². The lowest BCUT2D eigenvalue weighted by Gasteiger charge is -2.12. The largest absolute Gasteiger partial charge is 0.493 e. The van der Waals surface area contributed by atoms with Gasteiger partial charge in [0.1, 0.15) is 0 Å². The SMILES string of the molecule is COc1cc(C=Cc2ccc(-c3ccc(C=Cc4cc(OC)c(OC)c(OC)c4)cc3)cc2)cc(OC)c1OC. The molecule has 0 fully saturated rings. The Morgan fingerprint density at radius 1 is 0.350 bits per heavy atom. The second-order valence-corrected chi connectivity index (χ2v) is 8.83. The smallest absolute Gasteiger partial charge is 0.203 e. The highest BCUT2D eigenvalue weighted by Crippen LogP contribution is 2.39. The minimum atomic E-state index is 0.578. The third-order valence-corrected chi connectivity index (χ3v) is 6.47. The van der Waals surface area contributed by atoms with E-state index in [2.05, 4.69) is 60.7 Å². The van der Waals surface area contributed by atoms with Gasteiger partial charge in [-0.05, 0) is 57.6 Å². The Labute approximate surface area is 236 Å². The fraction of sp³-hybridized carbons (Fsp3) is 0.176. The molecule has 0 aliphatic carbocycles. The van der Waals surface area contributed by atoms with Gasteiger partial charge < -0.3 is 28.4 Å². The van der Waals surface area contributed by atoms with E-state index in [4.69, 9.17) is 28.4 Å². The minimum Gasteiger partial charge on any atom is -0.493 e. The third-order valence-electron chi connectivity index (χ3n) is 6.47. The van der Waals surface area contributed by atoms with Gasteiger partial charge in [0, 0.05) is 0 Å². The molecule has 0 N–H and O–H groups in total. The zero-order chi connectivity index (χ0) is 28.5. The Kier molecular flexibility index (Phi) is 9.36. The topological polar surface area (TPSA) is 55.4 Å². The number of rotatable bonds is 11. The van der Waals surface area contributed by atoms with Gasteiger partial charge in [0.15, 0.2) is 23.0 Å². The summed E-state index contributed by atoms with van der Waals surface area (Å²) in [5.41, 5.74) is 6.36. The van der Waals surface area contributed by atoms with E-state index in [0.29, 0.717) is 34.5 Å². The van der Waals surface area contributed by atoms with Gasteiger partial charge in [0.05, 0.1) is 42.7 Å². The highest BCUT2D eigenvalue weighted by atomic mass is 16.5. The van der Waals surface area contributed by atoms with Gasteiger partial charge in [-0.1, -0.05) is 72.8 Å². The first kappa shape index (κ1) is 28.2. The quantitative estimate of drug-likeness (QED) is 0.182. The lowest BCUT2D eigenvalue weighted by Crippen LogP contribution is -1.95. The monoisotopic (exact) mass is 538 g/mol. The first-order valence-electron chi connectivity index (χ1n) is 12.7. The maximum absolute atomic E-state index is 5.45. The van der Waals surface area contributed by atoms with Crippen molar-refractivity contribution in [1.82, 2.24) is 0 Å². The lowest BCUT2D eigenvalue weighted by atomic mass is 10.0. The zero-order valence-corrected chi connectivity index (χ0v) is 23.7. The molecule has 0 aliphatic heterocycles. The summed E-state index contributed by atoms with van der Waals surface area (Å²) in [6.07, 6.45) is 8.16. The van der Waals surface area contributed by atoms with Crippen LogP contribution in [0.5, 0.6) is 34.5 Å². The molecule has 0 atom stereocenters. The fourth-order valence-electron chi connectivity index (χ4n) is 4.35. The van der Waals surface area contributed by atoms with Crippen molar-refractivity contribution in [2.75, 3.05) is 42.7 Å². The zero-order valence-electron chi connectivity index (χ0n) is 23.7. The standard InChI is InChI=1S/C34H34O6/c1-35-29-19-25(20-30(36-2)33(29)39-5)9-7-23-11-15-27(16-12-23)28-17-13-24(14-18-28)8-10-26-21-31(37-3)34(40-6)32(22-26)38-4/h7-22H,1-6H3. The molecule has 0 aliphatic rings. The van der Waals surface area contributed by atoms with Crippen LogP contribution in [0.3, 0.4) is 0 Å². The number of hydrogen-bond acceptors (Lipinski definition) is 6. The molecule has 0 saturated carbocycles. The number of hydrogen-bond donors (Lipinski definition) is 0. The normalized spacial score (nSPS) is 11.1. The predicted molar refractivity (Wildman–Crippen MR) is 162 cm³/mol. The van der Waals surface area contributed by atoms with Crippen LogP contribution in [0.1, 0.15) is 22.3 Å². The van der Waals surface area contributed by atoms with Gasteiger partial charge in [-0.15, -0.1) is 0 Å². The maximum atomic E-state index is 5.45. The molecule has 0 amide bonds. The van der Waals surface area contributed by atoms with Crippen molar-refractivity contribution in [3.8, 4) is 45.6 Å². The van der Waals surface area contributed by atoms with Crippen molar-refractivity contribution in [2.24, 2.45) is 0 Å². The average molecular weight is 539 g/mol. The van der Waals surface area contributed by atoms with E-state index in [9.17, 15) is 0 Å². The van der Waals surface area contributed by atoms with Crippen LogP contribution in [0.2, 0.25) is 0 Å². The number of methoxy groups -OCH3 is 6. The molecule has 0 aromatic heterocycles. The minimum absolute atomic E-state index is 0.578. The van der Waals surface area contributed by atoms with Crippen LogP contribution >= 0.6 is 0 Å². The van der Waals surface area contributed by atoms with Crippen molar-refractivity contribution in [3.05, 3.63) is 95.1 Å². The van der Waals surface area contributed by atoms with Gasteiger partial charge >= 0.3 is 0 Å². The van der Waals surface area contributed by atoms with Gasteiger partial charge in [-0.25, -0.2) is 0 Å². The molecular formula is C34H34O6. The van der Waals surface area contributed by atoms with Crippen LogP contribution in [0.15, 0.2) is 72.8 Å². The Morgan fingerprint density at radius 2 is 0.625 bits per heavy atom. The summed E-state index contributed by atoms with van der Waals surface area (Å²) in [4.78, 5) is 0. The lowest BCUT2D eigenvalue weighted by molar-refractivity contribution is 0.324. The first-order chi connectivity index (χ1) is 19.5. The third kappa shape index (κ3) is 6.41. The molecule has 4 aromatic carbocycles. The molecule has 6 nitrogen and oxygen atoms in total. The van der Waals surface area contributed by atoms with E-state index < -0.39 is 0 Å². The van der Waals surface area contributed by atoms with Gasteiger partial charge in [0.2, 0.25) is 11.5 Å². The van der Waals surface area contributed by atoms with E-state index in [-0.39, 0.29) is 0 Å². The Balaban J connectivity index is 1.46. The fourth-order valence-corrected chi connectivity index (χ4v) is 4.35. The van der Waals surface area contributed by atoms with E-state index in [0.717, 1.165) is 33.4 Å². The molecule has 6 heteroatoms.